The number of amides is 1. The van der Waals surface area contributed by atoms with Crippen molar-refractivity contribution in [1.82, 2.24) is 0 Å². The second-order valence-corrected chi connectivity index (χ2v) is 6.36. The summed E-state index contributed by atoms with van der Waals surface area (Å²) < 4.78 is 13.6. The van der Waals surface area contributed by atoms with E-state index in [1.54, 1.807) is 18.2 Å². The zero-order valence-corrected chi connectivity index (χ0v) is 14.0. The van der Waals surface area contributed by atoms with E-state index < -0.39 is 5.82 Å². The Labute approximate surface area is 145 Å². The maximum Gasteiger partial charge on any atom is 0.279 e. The highest BCUT2D eigenvalue weighted by atomic mass is 35.5. The number of para-hydroxylation sites is 1. The van der Waals surface area contributed by atoms with Gasteiger partial charge in [-0.2, -0.15) is 0 Å². The second-order valence-electron chi connectivity index (χ2n) is 5.92. The Morgan fingerprint density at radius 1 is 1.17 bits per heavy atom. The van der Waals surface area contributed by atoms with E-state index in [1.807, 2.05) is 24.3 Å². The van der Waals surface area contributed by atoms with E-state index in [2.05, 4.69) is 10.2 Å². The fourth-order valence-corrected chi connectivity index (χ4v) is 3.10. The number of nitrogens with one attached hydrogen (secondary N) is 2. The van der Waals surface area contributed by atoms with Crippen molar-refractivity contribution in [2.75, 3.05) is 42.9 Å². The van der Waals surface area contributed by atoms with E-state index >= 15 is 0 Å². The molecule has 1 aliphatic rings. The molecule has 0 radical (unpaired) electrons. The molecule has 0 saturated carbocycles. The molecule has 24 heavy (non-hydrogen) atoms. The maximum absolute atomic E-state index is 13.6. The number of hydrogen-bond donors (Lipinski definition) is 2. The summed E-state index contributed by atoms with van der Waals surface area (Å²) in [5, 5.41) is 3.37. The molecule has 1 heterocycles. The van der Waals surface area contributed by atoms with Crippen molar-refractivity contribution in [2.24, 2.45) is 0 Å². The van der Waals surface area contributed by atoms with Gasteiger partial charge in [0.05, 0.1) is 31.9 Å². The maximum atomic E-state index is 13.6. The SMILES string of the molecule is O=C(C[NH+]1CCN(c2cccc(Cl)c2)CC1)Nc1ccccc1F. The minimum atomic E-state index is -0.411. The van der Waals surface area contributed by atoms with Gasteiger partial charge in [0.1, 0.15) is 5.82 Å². The van der Waals surface area contributed by atoms with Gasteiger partial charge in [-0.25, -0.2) is 4.39 Å². The lowest BCUT2D eigenvalue weighted by atomic mass is 10.2. The predicted molar refractivity (Wildman–Crippen MR) is 94.3 cm³/mol. The Morgan fingerprint density at radius 3 is 2.62 bits per heavy atom. The third-order valence-corrected chi connectivity index (χ3v) is 4.44. The van der Waals surface area contributed by atoms with Gasteiger partial charge in [0.25, 0.3) is 5.91 Å². The number of anilines is 2. The van der Waals surface area contributed by atoms with Crippen molar-refractivity contribution in [3.05, 3.63) is 59.4 Å². The average molecular weight is 349 g/mol. The summed E-state index contributed by atoms with van der Waals surface area (Å²) in [5.41, 5.74) is 1.34. The largest absolute Gasteiger partial charge is 0.360 e. The van der Waals surface area contributed by atoms with Crippen LogP contribution in [0, 0.1) is 5.82 Å². The smallest absolute Gasteiger partial charge is 0.279 e. The van der Waals surface area contributed by atoms with Crippen molar-refractivity contribution in [2.45, 2.75) is 0 Å². The number of rotatable bonds is 4. The standard InChI is InChI=1S/C18H19ClFN3O/c19-14-4-3-5-15(12-14)23-10-8-22(9-11-23)13-18(24)21-17-7-2-1-6-16(17)20/h1-7,12H,8-11,13H2,(H,21,24)/p+1. The molecule has 0 bridgehead atoms. The van der Waals surface area contributed by atoms with Crippen LogP contribution in [0.25, 0.3) is 0 Å². The lowest BCUT2D eigenvalue weighted by Crippen LogP contribution is -3.15. The average Bonchev–Trinajstić information content (AvgIpc) is 2.58. The molecular weight excluding hydrogens is 329 g/mol. The summed E-state index contributed by atoms with van der Waals surface area (Å²) in [6, 6.07) is 14.0. The fraction of sp³-hybridized carbons (Fsp3) is 0.278. The predicted octanol–water partition coefficient (Wildman–Crippen LogP) is 1.82. The Kier molecular flexibility index (Phi) is 5.33. The molecule has 3 rings (SSSR count). The van der Waals surface area contributed by atoms with Gasteiger partial charge in [-0.1, -0.05) is 29.8 Å². The molecule has 0 aromatic heterocycles. The molecule has 0 aliphatic carbocycles. The highest BCUT2D eigenvalue weighted by molar-refractivity contribution is 6.30. The number of quaternary nitrogens is 1. The van der Waals surface area contributed by atoms with E-state index in [0.717, 1.165) is 36.9 Å². The summed E-state index contributed by atoms with van der Waals surface area (Å²) in [6.45, 7) is 3.79. The minimum absolute atomic E-state index is 0.161. The van der Waals surface area contributed by atoms with Gasteiger partial charge < -0.3 is 15.1 Å². The molecule has 6 heteroatoms. The van der Waals surface area contributed by atoms with Crippen LogP contribution in [0.1, 0.15) is 0 Å². The van der Waals surface area contributed by atoms with Crippen molar-refractivity contribution >= 4 is 28.9 Å². The third-order valence-electron chi connectivity index (χ3n) is 4.20. The number of piperazine rings is 1. The van der Waals surface area contributed by atoms with Gasteiger partial charge in [-0.15, -0.1) is 0 Å². The first-order valence-electron chi connectivity index (χ1n) is 8.00. The summed E-state index contributed by atoms with van der Waals surface area (Å²) in [4.78, 5) is 15.6. The molecule has 1 saturated heterocycles. The van der Waals surface area contributed by atoms with Gasteiger partial charge in [-0.3, -0.25) is 4.79 Å². The number of halogens is 2. The number of benzene rings is 2. The van der Waals surface area contributed by atoms with E-state index in [4.69, 9.17) is 11.6 Å². The lowest BCUT2D eigenvalue weighted by Gasteiger charge is -2.33. The summed E-state index contributed by atoms with van der Waals surface area (Å²) >= 11 is 6.04. The topological polar surface area (TPSA) is 36.8 Å². The Morgan fingerprint density at radius 2 is 1.92 bits per heavy atom. The first kappa shape index (κ1) is 16.7. The van der Waals surface area contributed by atoms with Crippen molar-refractivity contribution in [3.8, 4) is 0 Å². The number of carbonyl (C=O) groups excluding carboxylic acids is 1. The molecular formula is C18H20ClFN3O+. The minimum Gasteiger partial charge on any atom is -0.360 e. The molecule has 4 nitrogen and oxygen atoms in total. The molecule has 1 fully saturated rings. The van der Waals surface area contributed by atoms with E-state index in [-0.39, 0.29) is 11.6 Å². The van der Waals surface area contributed by atoms with Crippen LogP contribution < -0.4 is 15.1 Å². The molecule has 126 valence electrons. The quantitative estimate of drug-likeness (QED) is 0.884. The van der Waals surface area contributed by atoms with Crippen molar-refractivity contribution in [3.63, 3.8) is 0 Å². The Bertz CT molecular complexity index is 717. The molecule has 0 spiro atoms. The molecule has 1 aliphatic heterocycles. The molecule has 2 N–H and O–H groups in total. The number of carbonyl (C=O) groups is 1. The first-order chi connectivity index (χ1) is 11.6. The van der Waals surface area contributed by atoms with Crippen LogP contribution >= 0.6 is 11.6 Å². The fourth-order valence-electron chi connectivity index (χ4n) is 2.91. The van der Waals surface area contributed by atoms with E-state index in [0.29, 0.717) is 6.54 Å². The van der Waals surface area contributed by atoms with Crippen LogP contribution in [0.5, 0.6) is 0 Å². The van der Waals surface area contributed by atoms with Crippen LogP contribution in [-0.4, -0.2) is 38.6 Å². The molecule has 0 atom stereocenters. The highest BCUT2D eigenvalue weighted by Gasteiger charge is 2.22. The van der Waals surface area contributed by atoms with Gasteiger partial charge in [0.2, 0.25) is 0 Å². The summed E-state index contributed by atoms with van der Waals surface area (Å²) in [5.74, 6) is -0.571. The highest BCUT2D eigenvalue weighted by Crippen LogP contribution is 2.19. The third kappa shape index (κ3) is 4.24. The second kappa shape index (κ2) is 7.64. The van der Waals surface area contributed by atoms with Crippen LogP contribution in [0.15, 0.2) is 48.5 Å². The van der Waals surface area contributed by atoms with Crippen LogP contribution in [-0.2, 0) is 4.79 Å². The normalized spacial score (nSPS) is 15.3. The van der Waals surface area contributed by atoms with Gasteiger partial charge in [-0.05, 0) is 30.3 Å². The van der Waals surface area contributed by atoms with E-state index in [1.165, 1.54) is 11.0 Å². The summed E-state index contributed by atoms with van der Waals surface area (Å²) in [6.07, 6.45) is 0. The Hall–Kier alpha value is -2.11. The first-order valence-corrected chi connectivity index (χ1v) is 8.38. The lowest BCUT2D eigenvalue weighted by molar-refractivity contribution is -0.892. The molecule has 2 aromatic rings. The molecule has 1 amide bonds. The number of hydrogen-bond acceptors (Lipinski definition) is 2. The van der Waals surface area contributed by atoms with Crippen molar-refractivity contribution < 1.29 is 14.1 Å². The number of nitrogens with zero attached hydrogens (tertiary/aromatic N) is 1. The van der Waals surface area contributed by atoms with Crippen LogP contribution in [0.4, 0.5) is 15.8 Å². The monoisotopic (exact) mass is 348 g/mol. The van der Waals surface area contributed by atoms with Crippen molar-refractivity contribution in [1.29, 1.82) is 0 Å². The molecule has 2 aromatic carbocycles. The van der Waals surface area contributed by atoms with E-state index in [9.17, 15) is 9.18 Å². The van der Waals surface area contributed by atoms with Gasteiger partial charge in [0, 0.05) is 10.7 Å². The zero-order valence-electron chi connectivity index (χ0n) is 13.3. The zero-order chi connectivity index (χ0) is 16.9. The van der Waals surface area contributed by atoms with Crippen LogP contribution in [0.2, 0.25) is 5.02 Å². The Balaban J connectivity index is 1.50. The summed E-state index contributed by atoms with van der Waals surface area (Å²) in [7, 11) is 0. The van der Waals surface area contributed by atoms with Gasteiger partial charge in [0.15, 0.2) is 6.54 Å². The van der Waals surface area contributed by atoms with Gasteiger partial charge >= 0.3 is 0 Å². The van der Waals surface area contributed by atoms with Crippen LogP contribution in [0.3, 0.4) is 0 Å². The molecule has 0 unspecified atom stereocenters.